The number of aromatic amines is 1. The Morgan fingerprint density at radius 3 is 2.42 bits per heavy atom. The second kappa shape index (κ2) is 7.78. The lowest BCUT2D eigenvalue weighted by Crippen LogP contribution is -2.23. The van der Waals surface area contributed by atoms with Crippen LogP contribution in [0.1, 0.15) is 11.1 Å². The number of nitrogens with zero attached hydrogens (tertiary/aromatic N) is 3. The number of nitrogens with one attached hydrogen (secondary N) is 2. The van der Waals surface area contributed by atoms with Crippen LogP contribution in [-0.4, -0.2) is 15.9 Å². The van der Waals surface area contributed by atoms with Gasteiger partial charge in [0.1, 0.15) is 11.7 Å². The minimum atomic E-state index is -0.812. The number of carbonyl (C=O) groups excluding carboxylic acids is 1. The highest BCUT2D eigenvalue weighted by molar-refractivity contribution is 5.94. The van der Waals surface area contributed by atoms with E-state index in [9.17, 15) is 10.1 Å². The fraction of sp³-hybridized carbons (Fsp3) is 0.100. The largest absolute Gasteiger partial charge is 0.345 e. The standard InChI is InChI=1S/C20H15N5O/c21-12-15-3-1-14(2-4-15)11-17(13-22)20(26)25-18-7-5-16(6-8-18)19-23-9-10-24-19/h1-10,17H,11H2,(H,23,24)(H,25,26)/t17-/m1/s1. The maximum atomic E-state index is 12.4. The maximum absolute atomic E-state index is 12.4. The highest BCUT2D eigenvalue weighted by atomic mass is 16.1. The van der Waals surface area contributed by atoms with E-state index in [0.717, 1.165) is 17.0 Å². The number of nitriles is 2. The fourth-order valence-corrected chi connectivity index (χ4v) is 2.51. The average molecular weight is 341 g/mol. The molecule has 1 aromatic heterocycles. The molecule has 0 aliphatic rings. The smallest absolute Gasteiger partial charge is 0.242 e. The van der Waals surface area contributed by atoms with Crippen LogP contribution in [0.3, 0.4) is 0 Å². The molecule has 26 heavy (non-hydrogen) atoms. The van der Waals surface area contributed by atoms with E-state index in [1.165, 1.54) is 0 Å². The molecule has 1 heterocycles. The molecule has 3 aromatic rings. The Morgan fingerprint density at radius 2 is 1.85 bits per heavy atom. The first-order valence-corrected chi connectivity index (χ1v) is 7.99. The Balaban J connectivity index is 1.65. The summed E-state index contributed by atoms with van der Waals surface area (Å²) in [5.74, 6) is -0.422. The third-order valence-corrected chi connectivity index (χ3v) is 3.92. The van der Waals surface area contributed by atoms with Crippen LogP contribution in [0, 0.1) is 28.6 Å². The van der Waals surface area contributed by atoms with E-state index >= 15 is 0 Å². The van der Waals surface area contributed by atoms with Crippen LogP contribution in [0.4, 0.5) is 5.69 Å². The Hall–Kier alpha value is -3.90. The molecule has 3 rings (SSSR count). The van der Waals surface area contributed by atoms with Gasteiger partial charge < -0.3 is 10.3 Å². The van der Waals surface area contributed by atoms with Gasteiger partial charge in [0.15, 0.2) is 0 Å². The molecule has 126 valence electrons. The van der Waals surface area contributed by atoms with Gasteiger partial charge in [0, 0.05) is 23.6 Å². The molecule has 0 bridgehead atoms. The molecule has 0 radical (unpaired) electrons. The van der Waals surface area contributed by atoms with Crippen molar-refractivity contribution in [3.63, 3.8) is 0 Å². The summed E-state index contributed by atoms with van der Waals surface area (Å²) in [4.78, 5) is 19.6. The molecule has 1 amide bonds. The molecule has 6 nitrogen and oxygen atoms in total. The number of rotatable bonds is 5. The van der Waals surface area contributed by atoms with Crippen molar-refractivity contribution in [2.24, 2.45) is 5.92 Å². The molecule has 2 N–H and O–H groups in total. The molecule has 2 aromatic carbocycles. The highest BCUT2D eigenvalue weighted by Gasteiger charge is 2.18. The van der Waals surface area contributed by atoms with E-state index in [2.05, 4.69) is 15.3 Å². The number of anilines is 1. The van der Waals surface area contributed by atoms with Gasteiger partial charge in [-0.15, -0.1) is 0 Å². The Bertz CT molecular complexity index is 961. The first kappa shape index (κ1) is 16.9. The summed E-state index contributed by atoms with van der Waals surface area (Å²) in [6.07, 6.45) is 3.70. The second-order valence-corrected chi connectivity index (χ2v) is 5.70. The molecular formula is C20H15N5O. The number of benzene rings is 2. The summed E-state index contributed by atoms with van der Waals surface area (Å²) < 4.78 is 0. The average Bonchev–Trinajstić information content (AvgIpc) is 3.22. The van der Waals surface area contributed by atoms with Crippen molar-refractivity contribution in [1.82, 2.24) is 9.97 Å². The highest BCUT2D eigenvalue weighted by Crippen LogP contribution is 2.19. The summed E-state index contributed by atoms with van der Waals surface area (Å²) in [6.45, 7) is 0. The van der Waals surface area contributed by atoms with Crippen molar-refractivity contribution >= 4 is 11.6 Å². The lowest BCUT2D eigenvalue weighted by atomic mass is 9.99. The molecule has 0 aliphatic carbocycles. The van der Waals surface area contributed by atoms with Crippen LogP contribution < -0.4 is 5.32 Å². The third-order valence-electron chi connectivity index (χ3n) is 3.92. The van der Waals surface area contributed by atoms with Gasteiger partial charge in [-0.05, 0) is 48.4 Å². The van der Waals surface area contributed by atoms with E-state index < -0.39 is 5.92 Å². The molecule has 0 aliphatic heterocycles. The number of hydrogen-bond donors (Lipinski definition) is 2. The van der Waals surface area contributed by atoms with Gasteiger partial charge in [0.25, 0.3) is 0 Å². The van der Waals surface area contributed by atoms with Gasteiger partial charge in [-0.3, -0.25) is 4.79 Å². The maximum Gasteiger partial charge on any atom is 0.242 e. The molecule has 1 atom stereocenters. The van der Waals surface area contributed by atoms with Crippen LogP contribution >= 0.6 is 0 Å². The van der Waals surface area contributed by atoms with Gasteiger partial charge in [-0.1, -0.05) is 12.1 Å². The number of H-pyrrole nitrogens is 1. The molecule has 0 unspecified atom stereocenters. The summed E-state index contributed by atoms with van der Waals surface area (Å²) >= 11 is 0. The first-order valence-electron chi connectivity index (χ1n) is 7.99. The van der Waals surface area contributed by atoms with Crippen LogP contribution in [0.2, 0.25) is 0 Å². The van der Waals surface area contributed by atoms with Crippen molar-refractivity contribution in [2.45, 2.75) is 6.42 Å². The van der Waals surface area contributed by atoms with Crippen LogP contribution in [0.15, 0.2) is 60.9 Å². The van der Waals surface area contributed by atoms with Crippen LogP contribution in [0.25, 0.3) is 11.4 Å². The Morgan fingerprint density at radius 1 is 1.12 bits per heavy atom. The monoisotopic (exact) mass is 341 g/mol. The normalized spacial score (nSPS) is 11.2. The lowest BCUT2D eigenvalue weighted by Gasteiger charge is -2.11. The van der Waals surface area contributed by atoms with Gasteiger partial charge >= 0.3 is 0 Å². The zero-order valence-electron chi connectivity index (χ0n) is 13.8. The molecule has 0 spiro atoms. The topological polar surface area (TPSA) is 105 Å². The van der Waals surface area contributed by atoms with E-state index in [-0.39, 0.29) is 5.91 Å². The van der Waals surface area contributed by atoms with Gasteiger partial charge in [0.2, 0.25) is 5.91 Å². The third kappa shape index (κ3) is 3.95. The summed E-state index contributed by atoms with van der Waals surface area (Å²) in [6, 6.07) is 18.2. The van der Waals surface area contributed by atoms with Crippen molar-refractivity contribution in [3.8, 4) is 23.5 Å². The molecule has 6 heteroatoms. The number of amides is 1. The quantitative estimate of drug-likeness (QED) is 0.743. The van der Waals surface area contributed by atoms with E-state index in [0.29, 0.717) is 17.7 Å². The SMILES string of the molecule is N#Cc1ccc(C[C@H](C#N)C(=O)Nc2ccc(-c3ncc[nH]3)cc2)cc1. The Kier molecular flexibility index (Phi) is 5.07. The second-order valence-electron chi connectivity index (χ2n) is 5.70. The minimum Gasteiger partial charge on any atom is -0.345 e. The van der Waals surface area contributed by atoms with E-state index in [1.54, 1.807) is 48.8 Å². The van der Waals surface area contributed by atoms with Crippen LogP contribution in [-0.2, 0) is 11.2 Å². The van der Waals surface area contributed by atoms with E-state index in [1.807, 2.05) is 24.3 Å². The number of carbonyl (C=O) groups is 1. The lowest BCUT2D eigenvalue weighted by molar-refractivity contribution is -0.118. The fourth-order valence-electron chi connectivity index (χ4n) is 2.51. The number of hydrogen-bond acceptors (Lipinski definition) is 4. The number of imidazole rings is 1. The minimum absolute atomic E-state index is 0.290. The number of aromatic nitrogens is 2. The summed E-state index contributed by atoms with van der Waals surface area (Å²) in [5.41, 5.74) is 2.90. The molecular weight excluding hydrogens is 326 g/mol. The zero-order valence-corrected chi connectivity index (χ0v) is 13.8. The van der Waals surface area contributed by atoms with Gasteiger partial charge in [-0.25, -0.2) is 4.98 Å². The molecule has 0 saturated heterocycles. The van der Waals surface area contributed by atoms with Crippen molar-refractivity contribution < 1.29 is 4.79 Å². The zero-order chi connectivity index (χ0) is 18.4. The predicted molar refractivity (Wildman–Crippen MR) is 96.6 cm³/mol. The van der Waals surface area contributed by atoms with Gasteiger partial charge in [0.05, 0.1) is 17.7 Å². The molecule has 0 saturated carbocycles. The predicted octanol–water partition coefficient (Wildman–Crippen LogP) is 3.27. The van der Waals surface area contributed by atoms with Crippen molar-refractivity contribution in [3.05, 3.63) is 72.1 Å². The first-order chi connectivity index (χ1) is 12.7. The molecule has 0 fully saturated rings. The Labute approximate surface area is 150 Å². The summed E-state index contributed by atoms with van der Waals surface area (Å²) in [7, 11) is 0. The van der Waals surface area contributed by atoms with Gasteiger partial charge in [-0.2, -0.15) is 10.5 Å². The summed E-state index contributed by atoms with van der Waals surface area (Å²) in [5, 5.41) is 20.9. The van der Waals surface area contributed by atoms with Crippen molar-refractivity contribution in [2.75, 3.05) is 5.32 Å². The van der Waals surface area contributed by atoms with Crippen molar-refractivity contribution in [1.29, 1.82) is 10.5 Å². The van der Waals surface area contributed by atoms with Crippen LogP contribution in [0.5, 0.6) is 0 Å². The van der Waals surface area contributed by atoms with E-state index in [4.69, 9.17) is 5.26 Å².